The number of hydrogen-bond acceptors (Lipinski definition) is 3. The van der Waals surface area contributed by atoms with Gasteiger partial charge in [0.2, 0.25) is 0 Å². The number of unbranched alkanes of at least 4 members (excludes halogenated alkanes) is 2. The first-order chi connectivity index (χ1) is 18.9. The van der Waals surface area contributed by atoms with Gasteiger partial charge in [-0.05, 0) is 120 Å². The van der Waals surface area contributed by atoms with Crippen LogP contribution in [0.1, 0.15) is 99.8 Å². The van der Waals surface area contributed by atoms with Gasteiger partial charge in [0.25, 0.3) is 0 Å². The van der Waals surface area contributed by atoms with Gasteiger partial charge in [0.15, 0.2) is 0 Å². The summed E-state index contributed by atoms with van der Waals surface area (Å²) >= 11 is 0. The average molecular weight is 527 g/mol. The summed E-state index contributed by atoms with van der Waals surface area (Å²) in [5.74, 6) is 1.25. The number of aliphatic hydroxyl groups is 1. The number of ether oxygens (including phenoxy) is 1. The molecule has 3 nitrogen and oxygen atoms in total. The second-order valence-electron chi connectivity index (χ2n) is 11.7. The lowest BCUT2D eigenvalue weighted by atomic mass is 9.76. The van der Waals surface area contributed by atoms with Crippen molar-refractivity contribution >= 4 is 16.7 Å². The Balaban J connectivity index is 1.52. The molecule has 0 heterocycles. The third-order valence-electron chi connectivity index (χ3n) is 8.57. The van der Waals surface area contributed by atoms with Crippen LogP contribution >= 0.6 is 0 Å². The molecule has 0 saturated heterocycles. The maximum atomic E-state index is 12.0. The molecule has 3 aromatic rings. The molecule has 0 radical (unpaired) electrons. The normalized spacial score (nSPS) is 17.3. The van der Waals surface area contributed by atoms with Crippen molar-refractivity contribution in [1.29, 1.82) is 0 Å². The summed E-state index contributed by atoms with van der Waals surface area (Å²) in [7, 11) is 0. The fourth-order valence-electron chi connectivity index (χ4n) is 6.19. The Morgan fingerprint density at radius 2 is 1.72 bits per heavy atom. The lowest BCUT2D eigenvalue weighted by Crippen LogP contribution is -2.13. The first-order valence-electron chi connectivity index (χ1n) is 15.0. The highest BCUT2D eigenvalue weighted by molar-refractivity contribution is 5.89. The molecule has 1 saturated carbocycles. The zero-order valence-corrected chi connectivity index (χ0v) is 24.2. The van der Waals surface area contributed by atoms with E-state index in [9.17, 15) is 9.90 Å². The Labute approximate surface area is 235 Å². The fraction of sp³-hybridized carbons (Fsp3) is 0.472. The predicted molar refractivity (Wildman–Crippen MR) is 163 cm³/mol. The number of carbonyl (C=O) groups is 1. The van der Waals surface area contributed by atoms with Gasteiger partial charge in [-0.3, -0.25) is 0 Å². The lowest BCUT2D eigenvalue weighted by Gasteiger charge is -2.29. The van der Waals surface area contributed by atoms with Crippen LogP contribution in [0.15, 0.2) is 60.7 Å². The van der Waals surface area contributed by atoms with E-state index in [-0.39, 0.29) is 19.2 Å². The van der Waals surface area contributed by atoms with Gasteiger partial charge in [-0.25, -0.2) is 4.79 Å². The Bertz CT molecular complexity index is 1280. The van der Waals surface area contributed by atoms with E-state index in [0.29, 0.717) is 17.9 Å². The predicted octanol–water partition coefficient (Wildman–Crippen LogP) is 9.21. The topological polar surface area (TPSA) is 46.5 Å². The molecule has 208 valence electrons. The lowest BCUT2D eigenvalue weighted by molar-refractivity contribution is -0.140. The van der Waals surface area contributed by atoms with E-state index in [0.717, 1.165) is 34.2 Å². The second kappa shape index (κ2) is 13.9. The number of esters is 1. The largest absolute Gasteiger partial charge is 0.457 e. The van der Waals surface area contributed by atoms with Gasteiger partial charge in [0.1, 0.15) is 6.61 Å². The van der Waals surface area contributed by atoms with Gasteiger partial charge in [-0.1, -0.05) is 75.6 Å². The smallest absolute Gasteiger partial charge is 0.333 e. The summed E-state index contributed by atoms with van der Waals surface area (Å²) < 4.78 is 5.49. The van der Waals surface area contributed by atoms with Crippen molar-refractivity contribution in [3.8, 4) is 11.1 Å². The average Bonchev–Trinajstić information content (AvgIpc) is 2.94. The van der Waals surface area contributed by atoms with Gasteiger partial charge in [0, 0.05) is 12.2 Å². The van der Waals surface area contributed by atoms with Crippen molar-refractivity contribution in [2.24, 2.45) is 5.92 Å². The molecule has 0 aliphatic heterocycles. The molecular weight excluding hydrogens is 480 g/mol. The first kappa shape index (κ1) is 29.1. The molecule has 0 bridgehead atoms. The highest BCUT2D eigenvalue weighted by Crippen LogP contribution is 2.39. The summed E-state index contributed by atoms with van der Waals surface area (Å²) in [5.41, 5.74) is 7.80. The zero-order valence-electron chi connectivity index (χ0n) is 24.2. The highest BCUT2D eigenvalue weighted by atomic mass is 16.5. The van der Waals surface area contributed by atoms with Crippen LogP contribution in [0.4, 0.5) is 0 Å². The number of aliphatic hydroxyl groups excluding tert-OH is 1. The SMILES string of the molecule is C=C(C)C(=O)OCc1cc2cc(-c3ccc(C4CCC(CCCCC)CC4)cc3C)ccc2cc1CCCO. The van der Waals surface area contributed by atoms with Crippen LogP contribution in [0.3, 0.4) is 0 Å². The maximum absolute atomic E-state index is 12.0. The van der Waals surface area contributed by atoms with Crippen LogP contribution in [0.2, 0.25) is 0 Å². The van der Waals surface area contributed by atoms with Crippen LogP contribution < -0.4 is 0 Å². The highest BCUT2D eigenvalue weighted by Gasteiger charge is 2.22. The minimum atomic E-state index is -0.377. The standard InChI is InChI=1S/C36H46O3/c1-5-6-7-9-27-11-13-28(14-12-27)30-17-18-35(26(4)20-30)32-16-15-31-21-29(10-8-19-37)34(23-33(31)22-32)24-39-36(38)25(2)3/h15-18,20-23,27-28,37H,2,5-14,19,24H2,1,3-4H3. The van der Waals surface area contributed by atoms with E-state index in [4.69, 9.17) is 4.74 Å². The summed E-state index contributed by atoms with van der Waals surface area (Å²) in [4.78, 5) is 12.0. The van der Waals surface area contributed by atoms with Gasteiger partial charge in [0.05, 0.1) is 0 Å². The quantitative estimate of drug-likeness (QED) is 0.145. The molecule has 0 unspecified atom stereocenters. The molecule has 0 atom stereocenters. The third-order valence-corrected chi connectivity index (χ3v) is 8.57. The zero-order chi connectivity index (χ0) is 27.8. The molecule has 1 N–H and O–H groups in total. The van der Waals surface area contributed by atoms with Crippen LogP contribution in [-0.2, 0) is 22.6 Å². The number of rotatable bonds is 12. The number of hydrogen-bond donors (Lipinski definition) is 1. The van der Waals surface area contributed by atoms with E-state index in [1.807, 2.05) is 0 Å². The van der Waals surface area contributed by atoms with E-state index in [1.54, 1.807) is 6.92 Å². The van der Waals surface area contributed by atoms with Crippen molar-refractivity contribution in [2.45, 2.75) is 97.5 Å². The fourth-order valence-corrected chi connectivity index (χ4v) is 6.19. The molecule has 39 heavy (non-hydrogen) atoms. The molecule has 1 aliphatic carbocycles. The third kappa shape index (κ3) is 7.60. The summed E-state index contributed by atoms with van der Waals surface area (Å²) in [6.45, 7) is 10.2. The van der Waals surface area contributed by atoms with Crippen molar-refractivity contribution in [3.05, 3.63) is 82.9 Å². The molecule has 0 spiro atoms. The van der Waals surface area contributed by atoms with E-state index >= 15 is 0 Å². The number of fused-ring (bicyclic) bond motifs is 1. The van der Waals surface area contributed by atoms with Crippen molar-refractivity contribution in [2.75, 3.05) is 6.61 Å². The van der Waals surface area contributed by atoms with Crippen LogP contribution in [0.5, 0.6) is 0 Å². The second-order valence-corrected chi connectivity index (χ2v) is 11.7. The van der Waals surface area contributed by atoms with Gasteiger partial charge < -0.3 is 9.84 Å². The van der Waals surface area contributed by atoms with Crippen molar-refractivity contribution in [1.82, 2.24) is 0 Å². The first-order valence-corrected chi connectivity index (χ1v) is 15.0. The molecule has 1 aliphatic rings. The molecule has 0 amide bonds. The molecule has 4 rings (SSSR count). The Morgan fingerprint density at radius 3 is 2.41 bits per heavy atom. The number of aryl methyl sites for hydroxylation is 2. The molecular formula is C36H46O3. The van der Waals surface area contributed by atoms with Crippen molar-refractivity contribution in [3.63, 3.8) is 0 Å². The Morgan fingerprint density at radius 1 is 0.949 bits per heavy atom. The molecule has 1 fully saturated rings. The van der Waals surface area contributed by atoms with Gasteiger partial charge >= 0.3 is 5.97 Å². The summed E-state index contributed by atoms with van der Waals surface area (Å²) in [5, 5.41) is 11.7. The van der Waals surface area contributed by atoms with E-state index in [1.165, 1.54) is 73.6 Å². The Kier molecular flexibility index (Phi) is 10.4. The van der Waals surface area contributed by atoms with Crippen LogP contribution in [0, 0.1) is 12.8 Å². The van der Waals surface area contributed by atoms with E-state index in [2.05, 4.69) is 69.0 Å². The monoisotopic (exact) mass is 526 g/mol. The minimum Gasteiger partial charge on any atom is -0.457 e. The minimum absolute atomic E-state index is 0.137. The summed E-state index contributed by atoms with van der Waals surface area (Å²) in [6, 6.07) is 18.0. The molecule has 3 heteroatoms. The Hall–Kier alpha value is -2.91. The molecule has 0 aromatic heterocycles. The number of carbonyl (C=O) groups excluding carboxylic acids is 1. The number of benzene rings is 3. The maximum Gasteiger partial charge on any atom is 0.333 e. The van der Waals surface area contributed by atoms with Crippen LogP contribution in [0.25, 0.3) is 21.9 Å². The molecule has 3 aromatic carbocycles. The van der Waals surface area contributed by atoms with Crippen molar-refractivity contribution < 1.29 is 14.6 Å². The summed E-state index contributed by atoms with van der Waals surface area (Å²) in [6.07, 6.45) is 12.3. The van der Waals surface area contributed by atoms with Gasteiger partial charge in [-0.15, -0.1) is 0 Å². The van der Waals surface area contributed by atoms with E-state index < -0.39 is 0 Å². The van der Waals surface area contributed by atoms with Crippen LogP contribution in [-0.4, -0.2) is 17.7 Å². The van der Waals surface area contributed by atoms with Gasteiger partial charge in [-0.2, -0.15) is 0 Å².